The Morgan fingerprint density at radius 3 is 2.53 bits per heavy atom. The highest BCUT2D eigenvalue weighted by molar-refractivity contribution is 5.15. The third kappa shape index (κ3) is 3.35. The Balaban J connectivity index is 1.79. The van der Waals surface area contributed by atoms with Crippen LogP contribution in [0, 0.1) is 0 Å². The maximum absolute atomic E-state index is 3.73. The molecule has 1 heteroatoms. The first-order valence-corrected chi connectivity index (χ1v) is 6.14. The van der Waals surface area contributed by atoms with Gasteiger partial charge in [-0.3, -0.25) is 0 Å². The van der Waals surface area contributed by atoms with Gasteiger partial charge in [0.25, 0.3) is 0 Å². The molecule has 1 fully saturated rings. The molecule has 0 saturated heterocycles. The van der Waals surface area contributed by atoms with Gasteiger partial charge in [-0.25, -0.2) is 0 Å². The SMILES string of the molecule is C[C@H](Cc1ccccc1)NC1CCCC1. The van der Waals surface area contributed by atoms with Crippen molar-refractivity contribution in [3.63, 3.8) is 0 Å². The average molecular weight is 203 g/mol. The summed E-state index contributed by atoms with van der Waals surface area (Å²) in [5.74, 6) is 0. The molecular weight excluding hydrogens is 182 g/mol. The van der Waals surface area contributed by atoms with Crippen LogP contribution in [-0.4, -0.2) is 12.1 Å². The molecule has 1 aliphatic carbocycles. The molecule has 1 aromatic carbocycles. The van der Waals surface area contributed by atoms with Crippen molar-refractivity contribution in [3.05, 3.63) is 35.9 Å². The zero-order chi connectivity index (χ0) is 10.5. The minimum atomic E-state index is 0.607. The van der Waals surface area contributed by atoms with Crippen LogP contribution in [0.3, 0.4) is 0 Å². The van der Waals surface area contributed by atoms with E-state index in [0.717, 1.165) is 12.5 Å². The van der Waals surface area contributed by atoms with Gasteiger partial charge in [-0.05, 0) is 31.7 Å². The number of nitrogens with one attached hydrogen (secondary N) is 1. The Bertz CT molecular complexity index is 275. The lowest BCUT2D eigenvalue weighted by atomic mass is 10.1. The fourth-order valence-corrected chi connectivity index (χ4v) is 2.52. The molecule has 0 aliphatic heterocycles. The van der Waals surface area contributed by atoms with Gasteiger partial charge in [0.1, 0.15) is 0 Å². The van der Waals surface area contributed by atoms with Crippen LogP contribution < -0.4 is 5.32 Å². The van der Waals surface area contributed by atoms with Gasteiger partial charge < -0.3 is 5.32 Å². The van der Waals surface area contributed by atoms with Crippen molar-refractivity contribution in [2.24, 2.45) is 0 Å². The molecule has 1 N–H and O–H groups in total. The van der Waals surface area contributed by atoms with E-state index in [2.05, 4.69) is 42.6 Å². The van der Waals surface area contributed by atoms with E-state index >= 15 is 0 Å². The Morgan fingerprint density at radius 2 is 1.87 bits per heavy atom. The smallest absolute Gasteiger partial charge is 0.00817 e. The van der Waals surface area contributed by atoms with Crippen molar-refractivity contribution < 1.29 is 0 Å². The standard InChI is InChI=1S/C14H21N/c1-12(15-14-9-5-6-10-14)11-13-7-3-2-4-8-13/h2-4,7-8,12,14-15H,5-6,9-11H2,1H3/t12-/m1/s1. The highest BCUT2D eigenvalue weighted by Crippen LogP contribution is 2.18. The highest BCUT2D eigenvalue weighted by Gasteiger charge is 2.16. The van der Waals surface area contributed by atoms with Crippen molar-refractivity contribution in [1.29, 1.82) is 0 Å². The summed E-state index contributed by atoms with van der Waals surface area (Å²) in [5, 5.41) is 3.73. The number of hydrogen-bond acceptors (Lipinski definition) is 1. The van der Waals surface area contributed by atoms with Crippen LogP contribution in [0.2, 0.25) is 0 Å². The lowest BCUT2D eigenvalue weighted by molar-refractivity contribution is 0.448. The van der Waals surface area contributed by atoms with E-state index in [0.29, 0.717) is 6.04 Å². The average Bonchev–Trinajstić information content (AvgIpc) is 2.71. The molecule has 0 bridgehead atoms. The van der Waals surface area contributed by atoms with Crippen LogP contribution in [0.25, 0.3) is 0 Å². The largest absolute Gasteiger partial charge is 0.311 e. The molecule has 0 unspecified atom stereocenters. The minimum Gasteiger partial charge on any atom is -0.311 e. The second-order valence-electron chi connectivity index (χ2n) is 4.74. The summed E-state index contributed by atoms with van der Waals surface area (Å²) in [6.07, 6.45) is 6.72. The molecule has 0 amide bonds. The normalized spacial score (nSPS) is 19.3. The van der Waals surface area contributed by atoms with E-state index in [1.165, 1.54) is 31.2 Å². The molecule has 2 rings (SSSR count). The fourth-order valence-electron chi connectivity index (χ4n) is 2.52. The van der Waals surface area contributed by atoms with Crippen molar-refractivity contribution >= 4 is 0 Å². The van der Waals surface area contributed by atoms with Crippen LogP contribution in [-0.2, 0) is 6.42 Å². The summed E-state index contributed by atoms with van der Waals surface area (Å²) in [6, 6.07) is 12.1. The molecule has 82 valence electrons. The summed E-state index contributed by atoms with van der Waals surface area (Å²) < 4.78 is 0. The monoisotopic (exact) mass is 203 g/mol. The van der Waals surface area contributed by atoms with Gasteiger partial charge in [0.2, 0.25) is 0 Å². The molecule has 0 spiro atoms. The van der Waals surface area contributed by atoms with Crippen molar-refractivity contribution in [2.45, 2.75) is 51.1 Å². The van der Waals surface area contributed by atoms with E-state index in [1.807, 2.05) is 0 Å². The summed E-state index contributed by atoms with van der Waals surface area (Å²) in [6.45, 7) is 2.30. The molecule has 0 heterocycles. The van der Waals surface area contributed by atoms with E-state index in [-0.39, 0.29) is 0 Å². The van der Waals surface area contributed by atoms with Crippen LogP contribution in [0.4, 0.5) is 0 Å². The van der Waals surface area contributed by atoms with Gasteiger partial charge in [-0.1, -0.05) is 43.2 Å². The molecule has 1 saturated carbocycles. The third-order valence-electron chi connectivity index (χ3n) is 3.26. The van der Waals surface area contributed by atoms with Crippen molar-refractivity contribution in [1.82, 2.24) is 5.32 Å². The van der Waals surface area contributed by atoms with Crippen molar-refractivity contribution in [3.8, 4) is 0 Å². The van der Waals surface area contributed by atoms with E-state index in [4.69, 9.17) is 0 Å². The maximum Gasteiger partial charge on any atom is 0.00817 e. The Hall–Kier alpha value is -0.820. The first kappa shape index (κ1) is 10.7. The highest BCUT2D eigenvalue weighted by atomic mass is 14.9. The molecule has 0 radical (unpaired) electrons. The van der Waals surface area contributed by atoms with Crippen LogP contribution in [0.1, 0.15) is 38.2 Å². The Morgan fingerprint density at radius 1 is 1.20 bits per heavy atom. The minimum absolute atomic E-state index is 0.607. The van der Waals surface area contributed by atoms with Gasteiger partial charge in [0.05, 0.1) is 0 Å². The van der Waals surface area contributed by atoms with Gasteiger partial charge >= 0.3 is 0 Å². The van der Waals surface area contributed by atoms with Crippen LogP contribution in [0.15, 0.2) is 30.3 Å². The number of benzene rings is 1. The molecule has 1 nitrogen and oxygen atoms in total. The zero-order valence-electron chi connectivity index (χ0n) is 9.58. The second-order valence-corrected chi connectivity index (χ2v) is 4.74. The molecule has 0 aromatic heterocycles. The van der Waals surface area contributed by atoms with E-state index < -0.39 is 0 Å². The lowest BCUT2D eigenvalue weighted by Crippen LogP contribution is -2.35. The van der Waals surface area contributed by atoms with Gasteiger partial charge in [0.15, 0.2) is 0 Å². The molecule has 1 atom stereocenters. The van der Waals surface area contributed by atoms with E-state index in [1.54, 1.807) is 0 Å². The second kappa shape index (κ2) is 5.32. The topological polar surface area (TPSA) is 12.0 Å². The zero-order valence-corrected chi connectivity index (χ0v) is 9.58. The quantitative estimate of drug-likeness (QED) is 0.792. The maximum atomic E-state index is 3.73. The Kier molecular flexibility index (Phi) is 3.79. The number of hydrogen-bond donors (Lipinski definition) is 1. The summed E-state index contributed by atoms with van der Waals surface area (Å²) >= 11 is 0. The Labute approximate surface area is 92.9 Å². The first-order valence-electron chi connectivity index (χ1n) is 6.14. The fraction of sp³-hybridized carbons (Fsp3) is 0.571. The predicted octanol–water partition coefficient (Wildman–Crippen LogP) is 3.15. The third-order valence-corrected chi connectivity index (χ3v) is 3.26. The lowest BCUT2D eigenvalue weighted by Gasteiger charge is -2.19. The number of rotatable bonds is 4. The van der Waals surface area contributed by atoms with Crippen LogP contribution in [0.5, 0.6) is 0 Å². The molecule has 1 aliphatic rings. The van der Waals surface area contributed by atoms with Gasteiger partial charge in [-0.2, -0.15) is 0 Å². The molecule has 1 aromatic rings. The molecule has 15 heavy (non-hydrogen) atoms. The van der Waals surface area contributed by atoms with Crippen LogP contribution >= 0.6 is 0 Å². The summed E-state index contributed by atoms with van der Waals surface area (Å²) in [4.78, 5) is 0. The predicted molar refractivity (Wildman–Crippen MR) is 65.0 cm³/mol. The van der Waals surface area contributed by atoms with Crippen molar-refractivity contribution in [2.75, 3.05) is 0 Å². The van der Waals surface area contributed by atoms with Gasteiger partial charge in [-0.15, -0.1) is 0 Å². The first-order chi connectivity index (χ1) is 7.34. The van der Waals surface area contributed by atoms with Gasteiger partial charge in [0, 0.05) is 12.1 Å². The summed E-state index contributed by atoms with van der Waals surface area (Å²) in [7, 11) is 0. The molecular formula is C14H21N. The summed E-state index contributed by atoms with van der Waals surface area (Å²) in [5.41, 5.74) is 1.44. The van der Waals surface area contributed by atoms with E-state index in [9.17, 15) is 0 Å².